The lowest BCUT2D eigenvalue weighted by Crippen LogP contribution is -2.53. The van der Waals surface area contributed by atoms with Crippen LogP contribution < -0.4 is 32.3 Å². The molecule has 7 N–H and O–H groups in total. The summed E-state index contributed by atoms with van der Waals surface area (Å²) in [6, 6.07) is 21.8. The molecule has 0 fully saturated rings. The standard InChI is InChI=1S/C38H44N6O9/c1-38(2,3)53-34(48)18-30(44-37(51)52-22-28-26-15-9-7-13-24(26)25-14-8-10-16-27(25)28)36(50)42-20-32(46)40-21-33(47)43-29(35(49)41-19-31(39)45)17-23-11-5-4-6-12-23/h4-16,28-30H,17-22H2,1-3H3,(H2,39,45)(H,40,46)(H,41,49)(H,42,50)(H,43,47)(H,44,51)/t29-,30?/m0/s1. The number of amides is 6. The van der Waals surface area contributed by atoms with E-state index < -0.39 is 85.3 Å². The molecule has 3 aromatic carbocycles. The van der Waals surface area contributed by atoms with Crippen LogP contribution in [0.2, 0.25) is 0 Å². The molecule has 53 heavy (non-hydrogen) atoms. The van der Waals surface area contributed by atoms with Gasteiger partial charge < -0.3 is 41.8 Å². The topological polar surface area (TPSA) is 224 Å². The van der Waals surface area contributed by atoms with E-state index in [1.165, 1.54) is 0 Å². The van der Waals surface area contributed by atoms with Crippen molar-refractivity contribution in [1.82, 2.24) is 26.6 Å². The molecule has 0 aromatic heterocycles. The van der Waals surface area contributed by atoms with E-state index in [1.54, 1.807) is 51.1 Å². The van der Waals surface area contributed by atoms with Crippen LogP contribution in [-0.4, -0.2) is 85.5 Å². The molecule has 6 amide bonds. The summed E-state index contributed by atoms with van der Waals surface area (Å²) in [5.41, 5.74) is 9.02. The molecule has 15 nitrogen and oxygen atoms in total. The molecule has 0 aliphatic heterocycles. The Morgan fingerprint density at radius 2 is 1.23 bits per heavy atom. The van der Waals surface area contributed by atoms with E-state index >= 15 is 0 Å². The van der Waals surface area contributed by atoms with E-state index in [4.69, 9.17) is 15.2 Å². The van der Waals surface area contributed by atoms with Crippen molar-refractivity contribution in [2.24, 2.45) is 5.73 Å². The average Bonchev–Trinajstić information content (AvgIpc) is 3.43. The van der Waals surface area contributed by atoms with Gasteiger partial charge >= 0.3 is 12.1 Å². The summed E-state index contributed by atoms with van der Waals surface area (Å²) in [4.78, 5) is 88.0. The maximum absolute atomic E-state index is 13.2. The Kier molecular flexibility index (Phi) is 13.7. The monoisotopic (exact) mass is 728 g/mol. The van der Waals surface area contributed by atoms with Crippen molar-refractivity contribution in [1.29, 1.82) is 0 Å². The van der Waals surface area contributed by atoms with Gasteiger partial charge in [0, 0.05) is 12.3 Å². The maximum Gasteiger partial charge on any atom is 0.407 e. The van der Waals surface area contributed by atoms with Crippen LogP contribution in [0.25, 0.3) is 11.1 Å². The predicted molar refractivity (Wildman–Crippen MR) is 193 cm³/mol. The minimum atomic E-state index is -1.46. The molecule has 1 aliphatic rings. The van der Waals surface area contributed by atoms with Crippen molar-refractivity contribution < 1.29 is 43.0 Å². The summed E-state index contributed by atoms with van der Waals surface area (Å²) in [6.45, 7) is 3.31. The molecule has 4 rings (SSSR count). The van der Waals surface area contributed by atoms with Crippen molar-refractivity contribution in [2.45, 2.75) is 57.2 Å². The summed E-state index contributed by atoms with van der Waals surface area (Å²) in [5.74, 6) is -4.81. The number of carbonyl (C=O) groups is 7. The van der Waals surface area contributed by atoms with Gasteiger partial charge in [0.25, 0.3) is 0 Å². The van der Waals surface area contributed by atoms with Gasteiger partial charge in [0.1, 0.15) is 24.3 Å². The first-order valence-corrected chi connectivity index (χ1v) is 17.0. The number of nitrogens with two attached hydrogens (primary N) is 1. The van der Waals surface area contributed by atoms with Gasteiger partial charge in [-0.15, -0.1) is 0 Å². The van der Waals surface area contributed by atoms with E-state index in [0.717, 1.165) is 27.8 Å². The van der Waals surface area contributed by atoms with Crippen LogP contribution in [0.15, 0.2) is 78.9 Å². The molecule has 0 saturated carbocycles. The molecular weight excluding hydrogens is 684 g/mol. The predicted octanol–water partition coefficient (Wildman–Crippen LogP) is 1.19. The zero-order valence-electron chi connectivity index (χ0n) is 29.7. The van der Waals surface area contributed by atoms with Gasteiger partial charge in [0.2, 0.25) is 29.5 Å². The highest BCUT2D eigenvalue weighted by atomic mass is 16.6. The Labute approximate surface area is 306 Å². The third-order valence-electron chi connectivity index (χ3n) is 7.98. The van der Waals surface area contributed by atoms with Crippen LogP contribution in [0.4, 0.5) is 4.79 Å². The summed E-state index contributed by atoms with van der Waals surface area (Å²) in [5, 5.41) is 12.0. The molecule has 0 radical (unpaired) electrons. The number of hydrogen-bond donors (Lipinski definition) is 6. The number of carbonyl (C=O) groups excluding carboxylic acids is 7. The molecule has 0 heterocycles. The fraction of sp³-hybridized carbons (Fsp3) is 0.342. The lowest BCUT2D eigenvalue weighted by atomic mass is 9.98. The van der Waals surface area contributed by atoms with Crippen molar-refractivity contribution in [3.05, 3.63) is 95.6 Å². The lowest BCUT2D eigenvalue weighted by Gasteiger charge is -2.23. The molecule has 1 unspecified atom stereocenters. The van der Waals surface area contributed by atoms with Crippen molar-refractivity contribution >= 4 is 41.6 Å². The lowest BCUT2D eigenvalue weighted by molar-refractivity contribution is -0.156. The number of ether oxygens (including phenoxy) is 2. The Balaban J connectivity index is 1.32. The largest absolute Gasteiger partial charge is 0.460 e. The number of primary amides is 1. The SMILES string of the molecule is CC(C)(C)OC(=O)CC(NC(=O)OCC1c2ccccc2-c2ccccc21)C(=O)NCC(=O)NCC(=O)N[C@@H](Cc1ccccc1)C(=O)NCC(N)=O. The summed E-state index contributed by atoms with van der Waals surface area (Å²) >= 11 is 0. The molecular formula is C38H44N6O9. The van der Waals surface area contributed by atoms with Crippen LogP contribution in [0, 0.1) is 0 Å². The number of alkyl carbamates (subject to hydrolysis) is 1. The van der Waals surface area contributed by atoms with Crippen molar-refractivity contribution in [2.75, 3.05) is 26.2 Å². The third-order valence-corrected chi connectivity index (χ3v) is 7.98. The second-order valence-electron chi connectivity index (χ2n) is 13.3. The smallest absolute Gasteiger partial charge is 0.407 e. The number of rotatable bonds is 16. The van der Waals surface area contributed by atoms with E-state index in [9.17, 15) is 33.6 Å². The van der Waals surface area contributed by atoms with Gasteiger partial charge in [-0.25, -0.2) is 4.79 Å². The minimum absolute atomic E-state index is 0.0376. The first-order valence-electron chi connectivity index (χ1n) is 17.0. The number of benzene rings is 3. The van der Waals surface area contributed by atoms with Crippen LogP contribution in [0.3, 0.4) is 0 Å². The van der Waals surface area contributed by atoms with Gasteiger partial charge in [-0.1, -0.05) is 78.9 Å². The molecule has 0 bridgehead atoms. The summed E-state index contributed by atoms with van der Waals surface area (Å²) in [6.07, 6.45) is -1.42. The Bertz CT molecular complexity index is 1780. The molecule has 2 atom stereocenters. The zero-order chi connectivity index (χ0) is 38.5. The van der Waals surface area contributed by atoms with Crippen LogP contribution in [-0.2, 0) is 44.7 Å². The van der Waals surface area contributed by atoms with Crippen LogP contribution >= 0.6 is 0 Å². The maximum atomic E-state index is 13.2. The summed E-state index contributed by atoms with van der Waals surface area (Å²) < 4.78 is 10.9. The normalized spacial score (nSPS) is 12.9. The van der Waals surface area contributed by atoms with Crippen LogP contribution in [0.1, 0.15) is 49.8 Å². The first-order chi connectivity index (χ1) is 25.2. The molecule has 280 valence electrons. The Morgan fingerprint density at radius 1 is 0.679 bits per heavy atom. The second kappa shape index (κ2) is 18.3. The van der Waals surface area contributed by atoms with Gasteiger partial charge in [0.15, 0.2) is 0 Å². The van der Waals surface area contributed by atoms with Crippen molar-refractivity contribution in [3.8, 4) is 11.1 Å². The Morgan fingerprint density at radius 3 is 1.83 bits per heavy atom. The van der Waals surface area contributed by atoms with E-state index in [-0.39, 0.29) is 18.9 Å². The van der Waals surface area contributed by atoms with E-state index in [0.29, 0.717) is 0 Å². The fourth-order valence-electron chi connectivity index (χ4n) is 5.68. The molecule has 3 aromatic rings. The number of fused-ring (bicyclic) bond motifs is 3. The molecule has 15 heteroatoms. The third kappa shape index (κ3) is 12.2. The van der Waals surface area contributed by atoms with Crippen LogP contribution in [0.5, 0.6) is 0 Å². The number of nitrogens with one attached hydrogen (secondary N) is 5. The van der Waals surface area contributed by atoms with E-state index in [2.05, 4.69) is 26.6 Å². The number of hydrogen-bond acceptors (Lipinski definition) is 9. The first kappa shape index (κ1) is 39.5. The number of esters is 1. The highest BCUT2D eigenvalue weighted by Crippen LogP contribution is 2.44. The molecule has 0 saturated heterocycles. The van der Waals surface area contributed by atoms with Gasteiger partial charge in [-0.2, -0.15) is 0 Å². The molecule has 1 aliphatic carbocycles. The van der Waals surface area contributed by atoms with Gasteiger partial charge in [-0.05, 0) is 48.6 Å². The van der Waals surface area contributed by atoms with Crippen molar-refractivity contribution in [3.63, 3.8) is 0 Å². The summed E-state index contributed by atoms with van der Waals surface area (Å²) in [7, 11) is 0. The minimum Gasteiger partial charge on any atom is -0.460 e. The molecule has 0 spiro atoms. The fourth-order valence-corrected chi connectivity index (χ4v) is 5.68. The quantitative estimate of drug-likeness (QED) is 0.116. The average molecular weight is 729 g/mol. The Hall–Kier alpha value is -6.25. The van der Waals surface area contributed by atoms with E-state index in [1.807, 2.05) is 48.5 Å². The highest BCUT2D eigenvalue weighted by molar-refractivity contribution is 5.94. The highest BCUT2D eigenvalue weighted by Gasteiger charge is 2.31. The van der Waals surface area contributed by atoms with Gasteiger partial charge in [0.05, 0.1) is 26.1 Å². The van der Waals surface area contributed by atoms with Gasteiger partial charge in [-0.3, -0.25) is 28.8 Å². The zero-order valence-corrected chi connectivity index (χ0v) is 29.7. The second-order valence-corrected chi connectivity index (χ2v) is 13.3.